The Morgan fingerprint density at radius 1 is 1.38 bits per heavy atom. The number of halogens is 4. The number of rotatable bonds is 2. The molecule has 1 unspecified atom stereocenters. The third-order valence-corrected chi connectivity index (χ3v) is 1.80. The van der Waals surface area contributed by atoms with Crippen molar-refractivity contribution in [3.63, 3.8) is 0 Å². The summed E-state index contributed by atoms with van der Waals surface area (Å²) in [6.07, 6.45) is -3.88. The zero-order valence-electron chi connectivity index (χ0n) is 6.55. The summed E-state index contributed by atoms with van der Waals surface area (Å²) in [5.41, 5.74) is 0.251. The van der Waals surface area contributed by atoms with Crippen LogP contribution in [0.25, 0.3) is 0 Å². The third kappa shape index (κ3) is 3.63. The molecule has 0 aliphatic heterocycles. The minimum Gasteiger partial charge on any atom is -0.260 e. The zero-order chi connectivity index (χ0) is 9.90. The van der Waals surface area contributed by atoms with Gasteiger partial charge in [-0.25, -0.2) is 0 Å². The predicted octanol–water partition coefficient (Wildman–Crippen LogP) is 3.31. The molecule has 1 rings (SSSR count). The van der Waals surface area contributed by atoms with Crippen LogP contribution >= 0.6 is 11.6 Å². The summed E-state index contributed by atoms with van der Waals surface area (Å²) in [5, 5.41) is -1.10. The maximum absolute atomic E-state index is 11.9. The van der Waals surface area contributed by atoms with Crippen molar-refractivity contribution in [1.29, 1.82) is 0 Å². The first kappa shape index (κ1) is 10.3. The fourth-order valence-corrected chi connectivity index (χ4v) is 1.17. The van der Waals surface area contributed by atoms with Crippen molar-refractivity contribution in [2.45, 2.75) is 18.0 Å². The van der Waals surface area contributed by atoms with Gasteiger partial charge in [-0.1, -0.05) is 6.07 Å². The van der Waals surface area contributed by atoms with E-state index in [1.54, 1.807) is 12.1 Å². The molecule has 0 radical (unpaired) electrons. The Morgan fingerprint density at radius 2 is 2.08 bits per heavy atom. The van der Waals surface area contributed by atoms with Crippen LogP contribution in [-0.4, -0.2) is 11.2 Å². The minimum atomic E-state index is -4.25. The van der Waals surface area contributed by atoms with Crippen LogP contribution in [0.15, 0.2) is 24.4 Å². The monoisotopic (exact) mass is 209 g/mol. The first-order chi connectivity index (χ1) is 5.99. The van der Waals surface area contributed by atoms with E-state index in [4.69, 9.17) is 11.6 Å². The molecule has 0 spiro atoms. The highest BCUT2D eigenvalue weighted by Crippen LogP contribution is 2.32. The Balaban J connectivity index is 2.64. The van der Waals surface area contributed by atoms with E-state index in [1.807, 2.05) is 0 Å². The standard InChI is InChI=1S/C8H7ClF3N/c9-6(5-8(10,11)12)7-3-1-2-4-13-7/h1-4,6H,5H2. The second kappa shape index (κ2) is 3.96. The summed E-state index contributed by atoms with van der Waals surface area (Å²) in [6.45, 7) is 0. The average molecular weight is 210 g/mol. The van der Waals surface area contributed by atoms with Gasteiger partial charge in [-0.15, -0.1) is 11.6 Å². The van der Waals surface area contributed by atoms with Crippen molar-refractivity contribution in [3.8, 4) is 0 Å². The summed E-state index contributed by atoms with van der Waals surface area (Å²) in [5.74, 6) is 0. The number of alkyl halides is 4. The van der Waals surface area contributed by atoms with Crippen LogP contribution in [0.1, 0.15) is 17.5 Å². The molecule has 5 heteroatoms. The van der Waals surface area contributed by atoms with Crippen LogP contribution in [0.4, 0.5) is 13.2 Å². The Bertz CT molecular complexity index is 260. The van der Waals surface area contributed by atoms with Crippen LogP contribution < -0.4 is 0 Å². The molecule has 0 saturated carbocycles. The van der Waals surface area contributed by atoms with Crippen molar-refractivity contribution in [1.82, 2.24) is 4.98 Å². The molecule has 1 nitrogen and oxygen atoms in total. The van der Waals surface area contributed by atoms with E-state index >= 15 is 0 Å². The first-order valence-electron chi connectivity index (χ1n) is 3.61. The number of nitrogens with zero attached hydrogens (tertiary/aromatic N) is 1. The quantitative estimate of drug-likeness (QED) is 0.681. The van der Waals surface area contributed by atoms with Gasteiger partial charge in [0.05, 0.1) is 17.5 Å². The lowest BCUT2D eigenvalue weighted by atomic mass is 10.2. The van der Waals surface area contributed by atoms with Crippen LogP contribution in [0.3, 0.4) is 0 Å². The zero-order valence-corrected chi connectivity index (χ0v) is 7.31. The molecule has 1 heterocycles. The molecule has 0 bridgehead atoms. The lowest BCUT2D eigenvalue weighted by molar-refractivity contribution is -0.135. The highest BCUT2D eigenvalue weighted by atomic mass is 35.5. The predicted molar refractivity (Wildman–Crippen MR) is 43.5 cm³/mol. The minimum absolute atomic E-state index is 0.251. The van der Waals surface area contributed by atoms with Crippen molar-refractivity contribution in [3.05, 3.63) is 30.1 Å². The van der Waals surface area contributed by atoms with Crippen LogP contribution in [0.5, 0.6) is 0 Å². The Morgan fingerprint density at radius 3 is 2.54 bits per heavy atom. The lowest BCUT2D eigenvalue weighted by Crippen LogP contribution is -2.11. The second-order valence-electron chi connectivity index (χ2n) is 2.54. The summed E-state index contributed by atoms with van der Waals surface area (Å²) in [6, 6.07) is 4.71. The smallest absolute Gasteiger partial charge is 0.260 e. The first-order valence-corrected chi connectivity index (χ1v) is 4.04. The van der Waals surface area contributed by atoms with Gasteiger partial charge in [-0.3, -0.25) is 4.98 Å². The normalized spacial score (nSPS) is 14.2. The van der Waals surface area contributed by atoms with Gasteiger partial charge in [0.2, 0.25) is 0 Å². The molecule has 0 amide bonds. The van der Waals surface area contributed by atoms with Gasteiger partial charge in [0.15, 0.2) is 0 Å². The molecule has 0 aromatic carbocycles. The molecule has 0 saturated heterocycles. The molecule has 1 aromatic heterocycles. The SMILES string of the molecule is FC(F)(F)CC(Cl)c1ccccn1. The number of aromatic nitrogens is 1. The van der Waals surface area contributed by atoms with Crippen molar-refractivity contribution in [2.75, 3.05) is 0 Å². The molecule has 13 heavy (non-hydrogen) atoms. The fourth-order valence-electron chi connectivity index (χ4n) is 0.869. The van der Waals surface area contributed by atoms with Crippen molar-refractivity contribution >= 4 is 11.6 Å². The summed E-state index contributed by atoms with van der Waals surface area (Å²) >= 11 is 5.51. The van der Waals surface area contributed by atoms with Gasteiger partial charge in [0, 0.05) is 6.20 Å². The van der Waals surface area contributed by atoms with Crippen molar-refractivity contribution < 1.29 is 13.2 Å². The third-order valence-electron chi connectivity index (χ3n) is 1.42. The van der Waals surface area contributed by atoms with Gasteiger partial charge >= 0.3 is 6.18 Å². The average Bonchev–Trinajstić information content (AvgIpc) is 2.03. The largest absolute Gasteiger partial charge is 0.390 e. The molecule has 0 fully saturated rings. The molecule has 72 valence electrons. The van der Waals surface area contributed by atoms with E-state index in [-0.39, 0.29) is 5.69 Å². The van der Waals surface area contributed by atoms with Gasteiger partial charge in [-0.2, -0.15) is 13.2 Å². The molecule has 0 aliphatic rings. The highest BCUT2D eigenvalue weighted by molar-refractivity contribution is 6.20. The van der Waals surface area contributed by atoms with Crippen LogP contribution in [0.2, 0.25) is 0 Å². The number of hydrogen-bond donors (Lipinski definition) is 0. The van der Waals surface area contributed by atoms with E-state index in [1.165, 1.54) is 12.3 Å². The van der Waals surface area contributed by atoms with E-state index in [2.05, 4.69) is 4.98 Å². The van der Waals surface area contributed by atoms with E-state index in [0.29, 0.717) is 0 Å². The van der Waals surface area contributed by atoms with Gasteiger partial charge in [0.1, 0.15) is 0 Å². The summed E-state index contributed by atoms with van der Waals surface area (Å²) in [4.78, 5) is 3.73. The van der Waals surface area contributed by atoms with Crippen LogP contribution in [-0.2, 0) is 0 Å². The topological polar surface area (TPSA) is 12.9 Å². The Kier molecular flexibility index (Phi) is 3.14. The van der Waals surface area contributed by atoms with Gasteiger partial charge < -0.3 is 0 Å². The Hall–Kier alpha value is -0.770. The van der Waals surface area contributed by atoms with E-state index in [9.17, 15) is 13.2 Å². The van der Waals surface area contributed by atoms with Gasteiger partial charge in [-0.05, 0) is 12.1 Å². The maximum atomic E-state index is 11.9. The lowest BCUT2D eigenvalue weighted by Gasteiger charge is -2.10. The summed E-state index contributed by atoms with van der Waals surface area (Å²) < 4.78 is 35.6. The number of pyridine rings is 1. The molecular weight excluding hydrogens is 203 g/mol. The molecule has 0 N–H and O–H groups in total. The van der Waals surface area contributed by atoms with E-state index < -0.39 is 18.0 Å². The van der Waals surface area contributed by atoms with Crippen molar-refractivity contribution in [2.24, 2.45) is 0 Å². The molecule has 0 aliphatic carbocycles. The molecule has 1 atom stereocenters. The Labute approximate surface area is 78.5 Å². The molecule has 1 aromatic rings. The summed E-state index contributed by atoms with van der Waals surface area (Å²) in [7, 11) is 0. The number of hydrogen-bond acceptors (Lipinski definition) is 1. The van der Waals surface area contributed by atoms with Gasteiger partial charge in [0.25, 0.3) is 0 Å². The second-order valence-corrected chi connectivity index (χ2v) is 3.07. The fraction of sp³-hybridized carbons (Fsp3) is 0.375. The molecular formula is C8H7ClF3N. The highest BCUT2D eigenvalue weighted by Gasteiger charge is 2.32. The maximum Gasteiger partial charge on any atom is 0.390 e. The van der Waals surface area contributed by atoms with Crippen LogP contribution in [0, 0.1) is 0 Å². The van der Waals surface area contributed by atoms with E-state index in [0.717, 1.165) is 0 Å².